The molecule has 0 aliphatic rings. The van der Waals surface area contributed by atoms with Crippen molar-refractivity contribution in [1.82, 2.24) is 9.78 Å². The molecular formula is C18H25N3O3. The number of hydrogen-bond acceptors (Lipinski definition) is 4. The number of carbonyl (C=O) groups is 1. The van der Waals surface area contributed by atoms with E-state index in [4.69, 9.17) is 4.74 Å². The van der Waals surface area contributed by atoms with Gasteiger partial charge < -0.3 is 15.2 Å². The maximum Gasteiger partial charge on any atom is 0.273 e. The summed E-state index contributed by atoms with van der Waals surface area (Å²) in [4.78, 5) is 12.6. The van der Waals surface area contributed by atoms with Gasteiger partial charge in [-0.25, -0.2) is 0 Å². The summed E-state index contributed by atoms with van der Waals surface area (Å²) < 4.78 is 7.23. The number of anilines is 1. The van der Waals surface area contributed by atoms with E-state index in [1.807, 2.05) is 6.92 Å². The molecule has 2 rings (SSSR count). The fraction of sp³-hybridized carbons (Fsp3) is 0.444. The fourth-order valence-electron chi connectivity index (χ4n) is 2.69. The van der Waals surface area contributed by atoms with Crippen LogP contribution in [-0.4, -0.2) is 27.4 Å². The van der Waals surface area contributed by atoms with Gasteiger partial charge in [-0.1, -0.05) is 13.8 Å². The maximum atomic E-state index is 12.6. The highest BCUT2D eigenvalue weighted by atomic mass is 16.5. The number of amides is 1. The zero-order valence-electron chi connectivity index (χ0n) is 14.5. The summed E-state index contributed by atoms with van der Waals surface area (Å²) in [6.07, 6.45) is 3.47. The van der Waals surface area contributed by atoms with Crippen molar-refractivity contribution in [3.8, 4) is 5.75 Å². The Balaban J connectivity index is 2.20. The average molecular weight is 331 g/mol. The first-order valence-corrected chi connectivity index (χ1v) is 8.35. The van der Waals surface area contributed by atoms with Crippen molar-refractivity contribution < 1.29 is 14.6 Å². The second kappa shape index (κ2) is 8.49. The molecule has 1 heterocycles. The van der Waals surface area contributed by atoms with Gasteiger partial charge in [0.25, 0.3) is 5.91 Å². The molecule has 1 amide bonds. The second-order valence-corrected chi connectivity index (χ2v) is 5.50. The number of rotatable bonds is 8. The van der Waals surface area contributed by atoms with Crippen molar-refractivity contribution in [2.45, 2.75) is 46.3 Å². The van der Waals surface area contributed by atoms with Crippen LogP contribution in [0.3, 0.4) is 0 Å². The lowest BCUT2D eigenvalue weighted by Gasteiger charge is -2.17. The van der Waals surface area contributed by atoms with E-state index in [-0.39, 0.29) is 18.6 Å². The highest BCUT2D eigenvalue weighted by molar-refractivity contribution is 6.03. The number of aromatic nitrogens is 2. The number of carbonyl (C=O) groups excluding carboxylic acids is 1. The van der Waals surface area contributed by atoms with Crippen molar-refractivity contribution in [1.29, 1.82) is 0 Å². The minimum Gasteiger partial charge on any atom is -0.494 e. The molecule has 2 N–H and O–H groups in total. The summed E-state index contributed by atoms with van der Waals surface area (Å²) in [6, 6.07) is 7.16. The monoisotopic (exact) mass is 331 g/mol. The lowest BCUT2D eigenvalue weighted by Crippen LogP contribution is -2.20. The van der Waals surface area contributed by atoms with E-state index in [0.717, 1.165) is 12.8 Å². The van der Waals surface area contributed by atoms with E-state index in [0.29, 0.717) is 29.3 Å². The topological polar surface area (TPSA) is 76.4 Å². The molecule has 0 atom stereocenters. The number of aliphatic hydroxyl groups is 1. The van der Waals surface area contributed by atoms with E-state index < -0.39 is 0 Å². The minimum absolute atomic E-state index is 0.148. The Morgan fingerprint density at radius 2 is 2.04 bits per heavy atom. The highest BCUT2D eigenvalue weighted by Crippen LogP contribution is 2.24. The molecule has 0 bridgehead atoms. The zero-order chi connectivity index (χ0) is 17.5. The van der Waals surface area contributed by atoms with Crippen LogP contribution in [-0.2, 0) is 6.61 Å². The molecule has 6 nitrogen and oxygen atoms in total. The van der Waals surface area contributed by atoms with Gasteiger partial charge in [0.2, 0.25) is 0 Å². The van der Waals surface area contributed by atoms with Crippen LogP contribution in [0.2, 0.25) is 0 Å². The highest BCUT2D eigenvalue weighted by Gasteiger charge is 2.17. The van der Waals surface area contributed by atoms with Crippen LogP contribution in [0.5, 0.6) is 5.75 Å². The van der Waals surface area contributed by atoms with E-state index >= 15 is 0 Å². The zero-order valence-corrected chi connectivity index (χ0v) is 14.5. The number of benzene rings is 1. The first-order chi connectivity index (χ1) is 11.6. The molecule has 2 aromatic rings. The van der Waals surface area contributed by atoms with Crippen LogP contribution in [0, 0.1) is 0 Å². The molecule has 0 radical (unpaired) electrons. The van der Waals surface area contributed by atoms with Crippen molar-refractivity contribution in [2.75, 3.05) is 11.9 Å². The van der Waals surface area contributed by atoms with Gasteiger partial charge in [0.1, 0.15) is 11.4 Å². The van der Waals surface area contributed by atoms with Crippen molar-refractivity contribution in [3.05, 3.63) is 41.7 Å². The first kappa shape index (κ1) is 18.0. The quantitative estimate of drug-likeness (QED) is 0.777. The van der Waals surface area contributed by atoms with Crippen molar-refractivity contribution in [3.63, 3.8) is 0 Å². The Kier molecular flexibility index (Phi) is 6.37. The van der Waals surface area contributed by atoms with Gasteiger partial charge in [-0.3, -0.25) is 9.48 Å². The molecule has 0 saturated carbocycles. The Labute approximate surface area is 142 Å². The molecular weight excluding hydrogens is 306 g/mol. The molecule has 0 fully saturated rings. The second-order valence-electron chi connectivity index (χ2n) is 5.50. The van der Waals surface area contributed by atoms with Gasteiger partial charge in [-0.2, -0.15) is 5.10 Å². The van der Waals surface area contributed by atoms with Crippen molar-refractivity contribution in [2.24, 2.45) is 0 Å². The van der Waals surface area contributed by atoms with Gasteiger partial charge >= 0.3 is 0 Å². The van der Waals surface area contributed by atoms with Crippen LogP contribution < -0.4 is 10.1 Å². The van der Waals surface area contributed by atoms with Crippen LogP contribution in [0.4, 0.5) is 5.69 Å². The van der Waals surface area contributed by atoms with Crippen LogP contribution >= 0.6 is 0 Å². The molecule has 0 unspecified atom stereocenters. The lowest BCUT2D eigenvalue weighted by atomic mass is 10.1. The van der Waals surface area contributed by atoms with E-state index in [9.17, 15) is 9.90 Å². The van der Waals surface area contributed by atoms with Gasteiger partial charge in [0.05, 0.1) is 19.3 Å². The average Bonchev–Trinajstić information content (AvgIpc) is 3.07. The predicted octanol–water partition coefficient (Wildman–Crippen LogP) is 3.39. The molecule has 24 heavy (non-hydrogen) atoms. The number of aliphatic hydroxyl groups excluding tert-OH is 1. The number of hydrogen-bond donors (Lipinski definition) is 2. The molecule has 130 valence electrons. The Hall–Kier alpha value is -2.34. The first-order valence-electron chi connectivity index (χ1n) is 8.35. The molecule has 1 aromatic heterocycles. The molecule has 0 aliphatic carbocycles. The lowest BCUT2D eigenvalue weighted by molar-refractivity contribution is 0.101. The number of nitrogens with zero attached hydrogens (tertiary/aromatic N) is 2. The van der Waals surface area contributed by atoms with Crippen LogP contribution in [0.1, 0.15) is 55.7 Å². The third kappa shape index (κ3) is 3.94. The number of ether oxygens (including phenoxy) is 1. The van der Waals surface area contributed by atoms with Crippen LogP contribution in [0.15, 0.2) is 30.5 Å². The van der Waals surface area contributed by atoms with Gasteiger partial charge in [-0.15, -0.1) is 0 Å². The molecule has 6 heteroatoms. The molecule has 1 aromatic carbocycles. The standard InChI is InChI=1S/C18H25N3O3/c1-4-15(5-2)21-16(9-10-19-21)18(23)20-14-7-8-17(24-6-3)13(11-14)12-22/h7-11,15,22H,4-6,12H2,1-3H3,(H,20,23). The molecule has 0 saturated heterocycles. The molecule has 0 aliphatic heterocycles. The van der Waals surface area contributed by atoms with Gasteiger partial charge in [0, 0.05) is 17.4 Å². The normalized spacial score (nSPS) is 10.9. The summed E-state index contributed by atoms with van der Waals surface area (Å²) >= 11 is 0. The maximum absolute atomic E-state index is 12.6. The summed E-state index contributed by atoms with van der Waals surface area (Å²) in [5, 5.41) is 16.6. The summed E-state index contributed by atoms with van der Waals surface area (Å²) in [5.41, 5.74) is 1.79. The fourth-order valence-corrected chi connectivity index (χ4v) is 2.69. The summed E-state index contributed by atoms with van der Waals surface area (Å²) in [7, 11) is 0. The Morgan fingerprint density at radius 1 is 1.29 bits per heavy atom. The minimum atomic E-state index is -0.215. The largest absolute Gasteiger partial charge is 0.494 e. The van der Waals surface area contributed by atoms with E-state index in [1.54, 1.807) is 35.1 Å². The van der Waals surface area contributed by atoms with E-state index in [2.05, 4.69) is 24.3 Å². The van der Waals surface area contributed by atoms with Crippen LogP contribution in [0.25, 0.3) is 0 Å². The van der Waals surface area contributed by atoms with Gasteiger partial charge in [0.15, 0.2) is 0 Å². The third-order valence-corrected chi connectivity index (χ3v) is 3.98. The number of nitrogens with one attached hydrogen (secondary N) is 1. The van der Waals surface area contributed by atoms with E-state index in [1.165, 1.54) is 0 Å². The predicted molar refractivity (Wildman–Crippen MR) is 93.3 cm³/mol. The smallest absolute Gasteiger partial charge is 0.273 e. The SMILES string of the molecule is CCOc1ccc(NC(=O)c2ccnn2C(CC)CC)cc1CO. The Bertz CT molecular complexity index is 678. The third-order valence-electron chi connectivity index (χ3n) is 3.98. The van der Waals surface area contributed by atoms with Crippen molar-refractivity contribution >= 4 is 11.6 Å². The summed E-state index contributed by atoms with van der Waals surface area (Å²) in [6.45, 7) is 6.42. The van der Waals surface area contributed by atoms with Gasteiger partial charge in [-0.05, 0) is 44.0 Å². The summed E-state index contributed by atoms with van der Waals surface area (Å²) in [5.74, 6) is 0.410. The molecule has 0 spiro atoms. The Morgan fingerprint density at radius 3 is 2.67 bits per heavy atom.